The van der Waals surface area contributed by atoms with Crippen LogP contribution in [0.3, 0.4) is 0 Å². The first kappa shape index (κ1) is 13.9. The van der Waals surface area contributed by atoms with E-state index in [9.17, 15) is 24.1 Å². The smallest absolute Gasteiger partial charge is 0.329 e. The maximum Gasteiger partial charge on any atom is 0.329 e. The molecule has 1 aliphatic carbocycles. The monoisotopic (exact) mass is 282 g/mol. The first-order valence-electron chi connectivity index (χ1n) is 5.85. The van der Waals surface area contributed by atoms with E-state index in [1.807, 2.05) is 0 Å². The highest BCUT2D eigenvalue weighted by atomic mass is 19.1. The van der Waals surface area contributed by atoms with Gasteiger partial charge in [0.2, 0.25) is 0 Å². The van der Waals surface area contributed by atoms with E-state index in [-0.39, 0.29) is 12.8 Å². The largest absolute Gasteiger partial charge is 0.480 e. The lowest BCUT2D eigenvalue weighted by Crippen LogP contribution is -2.59. The van der Waals surface area contributed by atoms with Gasteiger partial charge in [0.25, 0.3) is 11.6 Å². The maximum atomic E-state index is 13.1. The predicted octanol–water partition coefficient (Wildman–Crippen LogP) is 1.47. The fraction of sp³-hybridized carbons (Fsp3) is 0.333. The van der Waals surface area contributed by atoms with Crippen LogP contribution < -0.4 is 5.32 Å². The molecule has 1 aromatic rings. The summed E-state index contributed by atoms with van der Waals surface area (Å²) in [5.74, 6) is -2.96. The van der Waals surface area contributed by atoms with Crippen molar-refractivity contribution in [3.05, 3.63) is 39.7 Å². The number of benzene rings is 1. The van der Waals surface area contributed by atoms with E-state index in [2.05, 4.69) is 5.32 Å². The van der Waals surface area contributed by atoms with Crippen molar-refractivity contribution in [3.8, 4) is 0 Å². The first-order valence-corrected chi connectivity index (χ1v) is 5.85. The van der Waals surface area contributed by atoms with E-state index < -0.39 is 39.4 Å². The number of carbonyl (C=O) groups is 2. The summed E-state index contributed by atoms with van der Waals surface area (Å²) in [6.45, 7) is 0. The second kappa shape index (κ2) is 4.87. The van der Waals surface area contributed by atoms with E-state index in [0.717, 1.165) is 18.2 Å². The van der Waals surface area contributed by atoms with Crippen molar-refractivity contribution in [2.45, 2.75) is 24.8 Å². The summed E-state index contributed by atoms with van der Waals surface area (Å²) in [5.41, 5.74) is -2.46. The molecule has 1 aromatic carbocycles. The number of nitrogens with one attached hydrogen (secondary N) is 1. The number of nitrogens with zero attached hydrogens (tertiary/aromatic N) is 1. The highest BCUT2D eigenvalue weighted by Crippen LogP contribution is 2.33. The fourth-order valence-electron chi connectivity index (χ4n) is 2.06. The van der Waals surface area contributed by atoms with Crippen LogP contribution in [0.5, 0.6) is 0 Å². The molecule has 8 heteroatoms. The Kier molecular flexibility index (Phi) is 3.39. The summed E-state index contributed by atoms with van der Waals surface area (Å²) in [5, 5.41) is 22.2. The third kappa shape index (κ3) is 2.31. The predicted molar refractivity (Wildman–Crippen MR) is 64.7 cm³/mol. The van der Waals surface area contributed by atoms with Crippen molar-refractivity contribution in [1.29, 1.82) is 0 Å². The number of nitro groups is 1. The summed E-state index contributed by atoms with van der Waals surface area (Å²) in [4.78, 5) is 33.1. The molecule has 2 rings (SSSR count). The van der Waals surface area contributed by atoms with Gasteiger partial charge in [0.1, 0.15) is 16.9 Å². The highest BCUT2D eigenvalue weighted by Gasteiger charge is 2.46. The quantitative estimate of drug-likeness (QED) is 0.642. The van der Waals surface area contributed by atoms with Crippen LogP contribution >= 0.6 is 0 Å². The normalized spacial score (nSPS) is 16.1. The molecule has 0 aromatic heterocycles. The topological polar surface area (TPSA) is 110 Å². The van der Waals surface area contributed by atoms with Crippen molar-refractivity contribution < 1.29 is 24.0 Å². The molecule has 7 nitrogen and oxygen atoms in total. The van der Waals surface area contributed by atoms with Gasteiger partial charge in [-0.15, -0.1) is 0 Å². The molecule has 0 heterocycles. The number of hydrogen-bond donors (Lipinski definition) is 2. The molecule has 2 N–H and O–H groups in total. The zero-order valence-corrected chi connectivity index (χ0v) is 10.3. The van der Waals surface area contributed by atoms with E-state index in [4.69, 9.17) is 5.11 Å². The van der Waals surface area contributed by atoms with Gasteiger partial charge in [-0.2, -0.15) is 0 Å². The van der Waals surface area contributed by atoms with Gasteiger partial charge in [0, 0.05) is 6.07 Å². The lowest BCUT2D eigenvalue weighted by Gasteiger charge is -2.38. The van der Waals surface area contributed by atoms with Crippen molar-refractivity contribution in [2.24, 2.45) is 0 Å². The Balaban J connectivity index is 2.32. The molecule has 1 saturated carbocycles. The Hall–Kier alpha value is -2.51. The Bertz CT molecular complexity index is 598. The standard InChI is InChI=1S/C12H11FN2O5/c13-7-2-3-9(15(19)20)8(6-7)10(16)14-12(11(17)18)4-1-5-12/h2-3,6H,1,4-5H2,(H,14,16)(H,17,18). The second-order valence-electron chi connectivity index (χ2n) is 4.61. The van der Waals surface area contributed by atoms with Gasteiger partial charge in [-0.3, -0.25) is 14.9 Å². The van der Waals surface area contributed by atoms with Gasteiger partial charge < -0.3 is 10.4 Å². The minimum atomic E-state index is -1.41. The summed E-state index contributed by atoms with van der Waals surface area (Å²) >= 11 is 0. The van der Waals surface area contributed by atoms with Gasteiger partial charge >= 0.3 is 5.97 Å². The second-order valence-corrected chi connectivity index (χ2v) is 4.61. The minimum absolute atomic E-state index is 0.247. The molecule has 0 atom stereocenters. The van der Waals surface area contributed by atoms with Gasteiger partial charge in [-0.25, -0.2) is 9.18 Å². The van der Waals surface area contributed by atoms with Crippen LogP contribution in [0.4, 0.5) is 10.1 Å². The van der Waals surface area contributed by atoms with Crippen LogP contribution in [0.15, 0.2) is 18.2 Å². The molecule has 0 radical (unpaired) electrons. The number of aliphatic carboxylic acids is 1. The number of amides is 1. The van der Waals surface area contributed by atoms with Crippen molar-refractivity contribution in [3.63, 3.8) is 0 Å². The zero-order valence-electron chi connectivity index (χ0n) is 10.3. The molecule has 1 aliphatic rings. The molecule has 0 bridgehead atoms. The Morgan fingerprint density at radius 1 is 1.40 bits per heavy atom. The van der Waals surface area contributed by atoms with E-state index in [1.54, 1.807) is 0 Å². The molecule has 1 amide bonds. The Morgan fingerprint density at radius 3 is 2.50 bits per heavy atom. The number of hydrogen-bond acceptors (Lipinski definition) is 4. The van der Waals surface area contributed by atoms with Crippen molar-refractivity contribution in [2.75, 3.05) is 0 Å². The number of carbonyl (C=O) groups excluding carboxylic acids is 1. The zero-order chi connectivity index (χ0) is 14.9. The first-order chi connectivity index (χ1) is 9.35. The molecule has 106 valence electrons. The SMILES string of the molecule is O=C(NC1(C(=O)O)CCC1)c1cc(F)ccc1[N+](=O)[O-]. The lowest BCUT2D eigenvalue weighted by molar-refractivity contribution is -0.385. The van der Waals surface area contributed by atoms with E-state index in [0.29, 0.717) is 6.42 Å². The van der Waals surface area contributed by atoms with Crippen molar-refractivity contribution >= 4 is 17.6 Å². The number of halogens is 1. The number of rotatable bonds is 4. The number of nitro benzene ring substituents is 1. The summed E-state index contributed by atoms with van der Waals surface area (Å²) in [6, 6.07) is 2.46. The van der Waals surface area contributed by atoms with Crippen molar-refractivity contribution in [1.82, 2.24) is 5.32 Å². The fourth-order valence-corrected chi connectivity index (χ4v) is 2.06. The molecule has 0 aliphatic heterocycles. The number of carboxylic acids is 1. The summed E-state index contributed by atoms with van der Waals surface area (Å²) in [7, 11) is 0. The van der Waals surface area contributed by atoms with Gasteiger partial charge in [-0.1, -0.05) is 0 Å². The van der Waals surface area contributed by atoms with Gasteiger partial charge in [0.15, 0.2) is 0 Å². The third-order valence-electron chi connectivity index (χ3n) is 3.37. The molecule has 0 spiro atoms. The van der Waals surface area contributed by atoms with Crippen LogP contribution in [-0.4, -0.2) is 27.4 Å². The average molecular weight is 282 g/mol. The van der Waals surface area contributed by atoms with Gasteiger partial charge in [-0.05, 0) is 31.4 Å². The Labute approximate surface area is 112 Å². The summed E-state index contributed by atoms with van der Waals surface area (Å²) in [6.07, 6.45) is 1.13. The third-order valence-corrected chi connectivity index (χ3v) is 3.37. The molecular weight excluding hydrogens is 271 g/mol. The lowest BCUT2D eigenvalue weighted by atomic mass is 9.76. The van der Waals surface area contributed by atoms with Crippen LogP contribution in [-0.2, 0) is 4.79 Å². The van der Waals surface area contributed by atoms with Gasteiger partial charge in [0.05, 0.1) is 4.92 Å². The minimum Gasteiger partial charge on any atom is -0.480 e. The number of carboxylic acid groups (broad SMARTS) is 1. The average Bonchev–Trinajstić information content (AvgIpc) is 2.32. The molecular formula is C12H11FN2O5. The molecule has 0 unspecified atom stereocenters. The maximum absolute atomic E-state index is 13.1. The van der Waals surface area contributed by atoms with Crippen LogP contribution in [0.2, 0.25) is 0 Å². The van der Waals surface area contributed by atoms with Crippen LogP contribution in [0.1, 0.15) is 29.6 Å². The molecule has 20 heavy (non-hydrogen) atoms. The molecule has 1 fully saturated rings. The van der Waals surface area contributed by atoms with Crippen LogP contribution in [0, 0.1) is 15.9 Å². The Morgan fingerprint density at radius 2 is 2.05 bits per heavy atom. The highest BCUT2D eigenvalue weighted by molar-refractivity contribution is 6.01. The van der Waals surface area contributed by atoms with Crippen LogP contribution in [0.25, 0.3) is 0 Å². The summed E-state index contributed by atoms with van der Waals surface area (Å²) < 4.78 is 13.1. The van der Waals surface area contributed by atoms with E-state index >= 15 is 0 Å². The van der Waals surface area contributed by atoms with E-state index in [1.165, 1.54) is 0 Å². The molecule has 0 saturated heterocycles.